The maximum atomic E-state index is 13.5. The number of aryl methyl sites for hydroxylation is 2. The number of nitrogens with one attached hydrogen (secondary N) is 1. The van der Waals surface area contributed by atoms with Crippen molar-refractivity contribution < 1.29 is 9.13 Å². The van der Waals surface area contributed by atoms with Crippen LogP contribution in [0.1, 0.15) is 16.7 Å². The minimum Gasteiger partial charge on any atom is -0.497 e. The molecule has 0 radical (unpaired) electrons. The Kier molecular flexibility index (Phi) is 4.40. The van der Waals surface area contributed by atoms with Crippen molar-refractivity contribution in [1.82, 2.24) is 5.32 Å². The van der Waals surface area contributed by atoms with Crippen molar-refractivity contribution in [2.45, 2.75) is 20.4 Å². The van der Waals surface area contributed by atoms with E-state index in [4.69, 9.17) is 4.74 Å². The van der Waals surface area contributed by atoms with Gasteiger partial charge in [0.2, 0.25) is 0 Å². The average molecular weight is 273 g/mol. The lowest BCUT2D eigenvalue weighted by Crippen LogP contribution is -2.07. The third-order valence-electron chi connectivity index (χ3n) is 3.45. The van der Waals surface area contributed by atoms with E-state index >= 15 is 0 Å². The predicted octanol–water partition coefficient (Wildman–Crippen LogP) is 3.84. The van der Waals surface area contributed by atoms with Crippen LogP contribution in [0.3, 0.4) is 0 Å². The van der Waals surface area contributed by atoms with Crippen LogP contribution in [0.4, 0.5) is 4.39 Å². The number of ether oxygens (including phenoxy) is 1. The van der Waals surface area contributed by atoms with E-state index in [2.05, 4.69) is 5.32 Å². The Hall–Kier alpha value is -1.87. The summed E-state index contributed by atoms with van der Waals surface area (Å²) in [5.41, 5.74) is 5.26. The molecule has 2 aromatic carbocycles. The SMILES string of the molecule is CNCc1cc(OC)ccc1-c1c(C)cc(F)cc1C. The number of methoxy groups -OCH3 is 1. The normalized spacial score (nSPS) is 10.7. The second-order valence-electron chi connectivity index (χ2n) is 4.97. The molecular formula is C17H20FNO. The standard InChI is InChI=1S/C17H20FNO/c1-11-7-14(18)8-12(2)17(11)16-6-5-15(20-4)9-13(16)10-19-3/h5-9,19H,10H2,1-4H3. The fourth-order valence-electron chi connectivity index (χ4n) is 2.61. The molecular weight excluding hydrogens is 253 g/mol. The van der Waals surface area contributed by atoms with E-state index in [1.165, 1.54) is 0 Å². The lowest BCUT2D eigenvalue weighted by molar-refractivity contribution is 0.414. The lowest BCUT2D eigenvalue weighted by Gasteiger charge is -2.16. The maximum Gasteiger partial charge on any atom is 0.123 e. The van der Waals surface area contributed by atoms with Gasteiger partial charge in [-0.25, -0.2) is 4.39 Å². The first-order valence-corrected chi connectivity index (χ1v) is 6.65. The summed E-state index contributed by atoms with van der Waals surface area (Å²) >= 11 is 0. The van der Waals surface area contributed by atoms with Gasteiger partial charge in [-0.2, -0.15) is 0 Å². The maximum absolute atomic E-state index is 13.5. The molecule has 0 saturated carbocycles. The van der Waals surface area contributed by atoms with E-state index in [0.717, 1.165) is 40.1 Å². The first-order valence-electron chi connectivity index (χ1n) is 6.65. The van der Waals surface area contributed by atoms with E-state index in [-0.39, 0.29) is 5.82 Å². The molecule has 0 spiro atoms. The van der Waals surface area contributed by atoms with Crippen LogP contribution < -0.4 is 10.1 Å². The smallest absolute Gasteiger partial charge is 0.123 e. The van der Waals surface area contributed by atoms with Crippen LogP contribution in [0.5, 0.6) is 5.75 Å². The fraction of sp³-hybridized carbons (Fsp3) is 0.294. The molecule has 106 valence electrons. The second kappa shape index (κ2) is 6.06. The zero-order chi connectivity index (χ0) is 14.7. The molecule has 0 atom stereocenters. The van der Waals surface area contributed by atoms with Crippen molar-refractivity contribution in [2.75, 3.05) is 14.2 Å². The number of hydrogen-bond donors (Lipinski definition) is 1. The molecule has 0 fully saturated rings. The molecule has 0 saturated heterocycles. The molecule has 0 aliphatic rings. The Morgan fingerprint density at radius 1 is 1.10 bits per heavy atom. The van der Waals surface area contributed by atoms with Crippen molar-refractivity contribution in [2.24, 2.45) is 0 Å². The van der Waals surface area contributed by atoms with Gasteiger partial charge in [-0.05, 0) is 73.0 Å². The van der Waals surface area contributed by atoms with Crippen molar-refractivity contribution in [3.8, 4) is 16.9 Å². The summed E-state index contributed by atoms with van der Waals surface area (Å²) in [6.07, 6.45) is 0. The fourth-order valence-corrected chi connectivity index (χ4v) is 2.61. The van der Waals surface area contributed by atoms with Gasteiger partial charge in [0.25, 0.3) is 0 Å². The Bertz CT molecular complexity index is 599. The summed E-state index contributed by atoms with van der Waals surface area (Å²) in [6, 6.07) is 9.16. The van der Waals surface area contributed by atoms with Gasteiger partial charge < -0.3 is 10.1 Å². The second-order valence-corrected chi connectivity index (χ2v) is 4.97. The summed E-state index contributed by atoms with van der Waals surface area (Å²) in [4.78, 5) is 0. The molecule has 0 aliphatic heterocycles. The van der Waals surface area contributed by atoms with Crippen LogP contribution in [-0.2, 0) is 6.54 Å². The molecule has 0 aromatic heterocycles. The van der Waals surface area contributed by atoms with Gasteiger partial charge in [-0.1, -0.05) is 6.07 Å². The minimum atomic E-state index is -0.188. The molecule has 2 rings (SSSR count). The number of halogens is 1. The molecule has 20 heavy (non-hydrogen) atoms. The summed E-state index contributed by atoms with van der Waals surface area (Å²) in [7, 11) is 3.57. The third kappa shape index (κ3) is 2.83. The van der Waals surface area contributed by atoms with Crippen molar-refractivity contribution in [1.29, 1.82) is 0 Å². The van der Waals surface area contributed by atoms with E-state index in [1.54, 1.807) is 19.2 Å². The summed E-state index contributed by atoms with van der Waals surface area (Å²) in [5.74, 6) is 0.642. The lowest BCUT2D eigenvalue weighted by atomic mass is 9.92. The first kappa shape index (κ1) is 14.5. The topological polar surface area (TPSA) is 21.3 Å². The largest absolute Gasteiger partial charge is 0.497 e. The van der Waals surface area contributed by atoms with Gasteiger partial charge in [0.1, 0.15) is 11.6 Å². The van der Waals surface area contributed by atoms with Gasteiger partial charge in [-0.15, -0.1) is 0 Å². The summed E-state index contributed by atoms with van der Waals surface area (Å²) in [6.45, 7) is 4.63. The van der Waals surface area contributed by atoms with Gasteiger partial charge in [0.05, 0.1) is 7.11 Å². The van der Waals surface area contributed by atoms with Crippen molar-refractivity contribution in [3.63, 3.8) is 0 Å². The molecule has 1 N–H and O–H groups in total. The average Bonchev–Trinajstić information content (AvgIpc) is 2.39. The molecule has 2 aromatic rings. The Balaban J connectivity index is 2.63. The highest BCUT2D eigenvalue weighted by molar-refractivity contribution is 5.74. The highest BCUT2D eigenvalue weighted by atomic mass is 19.1. The zero-order valence-electron chi connectivity index (χ0n) is 12.4. The molecule has 3 heteroatoms. The van der Waals surface area contributed by atoms with Crippen LogP contribution in [0.2, 0.25) is 0 Å². The Labute approximate surface area is 119 Å². The van der Waals surface area contributed by atoms with Crippen molar-refractivity contribution >= 4 is 0 Å². The highest BCUT2D eigenvalue weighted by Gasteiger charge is 2.12. The van der Waals surface area contributed by atoms with Crippen LogP contribution in [0.15, 0.2) is 30.3 Å². The van der Waals surface area contributed by atoms with Gasteiger partial charge in [0, 0.05) is 6.54 Å². The number of hydrogen-bond acceptors (Lipinski definition) is 2. The van der Waals surface area contributed by atoms with E-state index in [0.29, 0.717) is 0 Å². The Morgan fingerprint density at radius 3 is 2.30 bits per heavy atom. The van der Waals surface area contributed by atoms with Gasteiger partial charge in [-0.3, -0.25) is 0 Å². The molecule has 0 heterocycles. The van der Waals surface area contributed by atoms with Crippen LogP contribution >= 0.6 is 0 Å². The zero-order valence-corrected chi connectivity index (χ0v) is 12.4. The minimum absolute atomic E-state index is 0.188. The highest BCUT2D eigenvalue weighted by Crippen LogP contribution is 2.32. The third-order valence-corrected chi connectivity index (χ3v) is 3.45. The van der Waals surface area contributed by atoms with Crippen LogP contribution in [0.25, 0.3) is 11.1 Å². The molecule has 2 nitrogen and oxygen atoms in total. The van der Waals surface area contributed by atoms with E-state index in [9.17, 15) is 4.39 Å². The van der Waals surface area contributed by atoms with Gasteiger partial charge >= 0.3 is 0 Å². The summed E-state index contributed by atoms with van der Waals surface area (Å²) < 4.78 is 18.7. The molecule has 0 aliphatic carbocycles. The van der Waals surface area contributed by atoms with E-state index < -0.39 is 0 Å². The van der Waals surface area contributed by atoms with Crippen LogP contribution in [-0.4, -0.2) is 14.2 Å². The molecule has 0 unspecified atom stereocenters. The number of rotatable bonds is 4. The number of benzene rings is 2. The molecule has 0 bridgehead atoms. The van der Waals surface area contributed by atoms with Gasteiger partial charge in [0.15, 0.2) is 0 Å². The van der Waals surface area contributed by atoms with Crippen molar-refractivity contribution in [3.05, 3.63) is 52.8 Å². The molecule has 0 amide bonds. The predicted molar refractivity (Wildman–Crippen MR) is 80.6 cm³/mol. The van der Waals surface area contributed by atoms with E-state index in [1.807, 2.05) is 39.1 Å². The van der Waals surface area contributed by atoms with Crippen LogP contribution in [0, 0.1) is 19.7 Å². The quantitative estimate of drug-likeness (QED) is 0.914. The monoisotopic (exact) mass is 273 g/mol. The first-order chi connectivity index (χ1) is 9.56. The summed E-state index contributed by atoms with van der Waals surface area (Å²) in [5, 5.41) is 3.17. The Morgan fingerprint density at radius 2 is 1.75 bits per heavy atom.